The number of nitrogens with zero attached hydrogens (tertiary/aromatic N) is 3. The molecule has 0 aliphatic heterocycles. The van der Waals surface area contributed by atoms with Gasteiger partial charge >= 0.3 is 0 Å². The third kappa shape index (κ3) is 13.3. The minimum absolute atomic E-state index is 0.0121. The lowest BCUT2D eigenvalue weighted by Gasteiger charge is -2.10. The van der Waals surface area contributed by atoms with Crippen LogP contribution in [0.15, 0.2) is 75.6 Å². The van der Waals surface area contributed by atoms with Gasteiger partial charge in [-0.05, 0) is 71.1 Å². The van der Waals surface area contributed by atoms with Crippen LogP contribution in [-0.4, -0.2) is 50.2 Å². The molecule has 0 radical (unpaired) electrons. The first-order valence-corrected chi connectivity index (χ1v) is 15.1. The molecule has 0 spiro atoms. The summed E-state index contributed by atoms with van der Waals surface area (Å²) in [5, 5.41) is 3.23. The van der Waals surface area contributed by atoms with Gasteiger partial charge in [-0.3, -0.25) is 5.32 Å². The molecular formula is C37H41N11. The lowest BCUT2D eigenvalue weighted by atomic mass is 9.95. The van der Waals surface area contributed by atoms with Crippen LogP contribution in [0, 0.1) is 47.4 Å². The molecule has 244 valence electrons. The summed E-state index contributed by atoms with van der Waals surface area (Å²) in [6.07, 6.45) is 1.78. The molecule has 0 aliphatic carbocycles. The van der Waals surface area contributed by atoms with E-state index in [1.807, 2.05) is 54.6 Å². The number of nitrogens with one attached hydrogen (secondary N) is 1. The molecule has 3 rings (SSSR count). The lowest BCUT2D eigenvalue weighted by molar-refractivity contribution is 0.518. The molecule has 3 aromatic carbocycles. The number of aliphatic imine (C=N–C) groups is 3. The Kier molecular flexibility index (Phi) is 14.5. The summed E-state index contributed by atoms with van der Waals surface area (Å²) in [6.45, 7) is 3.09. The smallest absolute Gasteiger partial charge is 0.186 e. The number of guanidine groups is 3. The SMILES string of the molecule is CCCC(N)NCC#Cc1cc(C#CCN=C(N)N)cc(-c2cccc(-c3cc(C#CCN=C(N)N)cc(C#CCN=C(N)N)c3)c2)c1. The van der Waals surface area contributed by atoms with Crippen molar-refractivity contribution >= 4 is 17.9 Å². The van der Waals surface area contributed by atoms with E-state index >= 15 is 0 Å². The van der Waals surface area contributed by atoms with Gasteiger partial charge in [-0.1, -0.05) is 78.9 Å². The highest BCUT2D eigenvalue weighted by molar-refractivity contribution is 5.78. The van der Waals surface area contributed by atoms with Crippen molar-refractivity contribution < 1.29 is 0 Å². The maximum absolute atomic E-state index is 6.07. The average molecular weight is 640 g/mol. The Morgan fingerprint density at radius 2 is 0.979 bits per heavy atom. The Bertz CT molecular complexity index is 1860. The van der Waals surface area contributed by atoms with E-state index < -0.39 is 0 Å². The number of nitrogens with two attached hydrogens (primary N) is 7. The van der Waals surface area contributed by atoms with E-state index in [2.05, 4.69) is 80.6 Å². The van der Waals surface area contributed by atoms with Gasteiger partial charge in [0.25, 0.3) is 0 Å². The predicted octanol–water partition coefficient (Wildman–Crippen LogP) is 0.921. The molecule has 0 saturated carbocycles. The molecular weight excluding hydrogens is 598 g/mol. The van der Waals surface area contributed by atoms with Gasteiger partial charge in [0.2, 0.25) is 0 Å². The van der Waals surface area contributed by atoms with Crippen molar-refractivity contribution in [1.82, 2.24) is 5.32 Å². The third-order valence-corrected chi connectivity index (χ3v) is 6.40. The van der Waals surface area contributed by atoms with Crippen LogP contribution in [0.5, 0.6) is 0 Å². The first-order valence-electron chi connectivity index (χ1n) is 15.1. The van der Waals surface area contributed by atoms with Gasteiger partial charge in [0.15, 0.2) is 17.9 Å². The Hall–Kier alpha value is -6.37. The van der Waals surface area contributed by atoms with E-state index in [0.717, 1.165) is 57.3 Å². The van der Waals surface area contributed by atoms with Gasteiger partial charge in [-0.15, -0.1) is 0 Å². The van der Waals surface area contributed by atoms with Crippen molar-refractivity contribution in [2.24, 2.45) is 55.1 Å². The highest BCUT2D eigenvalue weighted by Crippen LogP contribution is 2.29. The number of hydrogen-bond acceptors (Lipinski definition) is 5. The minimum Gasteiger partial charge on any atom is -0.370 e. The van der Waals surface area contributed by atoms with Crippen LogP contribution in [0.25, 0.3) is 22.3 Å². The number of benzene rings is 3. The summed E-state index contributed by atoms with van der Waals surface area (Å²) in [5.41, 5.74) is 45.6. The Labute approximate surface area is 282 Å². The van der Waals surface area contributed by atoms with Crippen LogP contribution in [-0.2, 0) is 0 Å². The van der Waals surface area contributed by atoms with E-state index in [1.165, 1.54) is 0 Å². The fraction of sp³-hybridized carbons (Fsp3) is 0.216. The van der Waals surface area contributed by atoms with E-state index in [4.69, 9.17) is 40.1 Å². The molecule has 0 amide bonds. The molecule has 0 saturated heterocycles. The fourth-order valence-corrected chi connectivity index (χ4v) is 4.31. The summed E-state index contributed by atoms with van der Waals surface area (Å²) in [4.78, 5) is 11.8. The van der Waals surface area contributed by atoms with Crippen molar-refractivity contribution in [3.8, 4) is 69.6 Å². The largest absolute Gasteiger partial charge is 0.370 e. The normalized spacial score (nSPS) is 10.2. The van der Waals surface area contributed by atoms with Crippen molar-refractivity contribution in [3.05, 3.63) is 82.9 Å². The monoisotopic (exact) mass is 639 g/mol. The molecule has 0 aromatic heterocycles. The number of rotatable bonds is 9. The Morgan fingerprint density at radius 3 is 1.35 bits per heavy atom. The van der Waals surface area contributed by atoms with Gasteiger partial charge in [0.1, 0.15) is 19.6 Å². The zero-order valence-corrected chi connectivity index (χ0v) is 27.0. The summed E-state index contributed by atoms with van der Waals surface area (Å²) < 4.78 is 0. The summed E-state index contributed by atoms with van der Waals surface area (Å²) in [5.74, 6) is 24.7. The second-order valence-electron chi connectivity index (χ2n) is 10.4. The van der Waals surface area contributed by atoms with Crippen LogP contribution >= 0.6 is 0 Å². The lowest BCUT2D eigenvalue weighted by Crippen LogP contribution is -2.37. The molecule has 1 atom stereocenters. The zero-order valence-electron chi connectivity index (χ0n) is 27.0. The topological polar surface area (TPSA) is 231 Å². The molecule has 15 N–H and O–H groups in total. The highest BCUT2D eigenvalue weighted by atomic mass is 15.0. The predicted molar refractivity (Wildman–Crippen MR) is 198 cm³/mol. The van der Waals surface area contributed by atoms with Crippen molar-refractivity contribution in [2.75, 3.05) is 26.2 Å². The molecule has 3 aromatic rings. The second-order valence-corrected chi connectivity index (χ2v) is 10.4. The highest BCUT2D eigenvalue weighted by Gasteiger charge is 2.07. The van der Waals surface area contributed by atoms with Gasteiger partial charge in [-0.2, -0.15) is 0 Å². The van der Waals surface area contributed by atoms with Crippen LogP contribution in [0.2, 0.25) is 0 Å². The summed E-state index contributed by atoms with van der Waals surface area (Å²) >= 11 is 0. The van der Waals surface area contributed by atoms with Crippen molar-refractivity contribution in [2.45, 2.75) is 25.9 Å². The molecule has 0 fully saturated rings. The number of hydrogen-bond donors (Lipinski definition) is 8. The fourth-order valence-electron chi connectivity index (χ4n) is 4.31. The van der Waals surface area contributed by atoms with Crippen molar-refractivity contribution in [3.63, 3.8) is 0 Å². The third-order valence-electron chi connectivity index (χ3n) is 6.40. The van der Waals surface area contributed by atoms with Crippen LogP contribution < -0.4 is 45.5 Å². The van der Waals surface area contributed by atoms with Crippen LogP contribution in [0.4, 0.5) is 0 Å². The van der Waals surface area contributed by atoms with Gasteiger partial charge < -0.3 is 40.1 Å². The standard InChI is InChI=1S/C37H41N11/c1-2-8-34(38)45-15-4-9-26-19-27(10-5-16-46-35(39)40)22-32(21-26)30-13-3-14-31(25-30)33-23-28(11-6-17-47-36(41)42)20-29(24-33)12-7-18-48-37(43)44/h3,13-14,19-25,34,45H,2,8,15-18,38H2,1H3,(H4,39,40,46)(H4,41,42,47)(H4,43,44,48). The van der Waals surface area contributed by atoms with Crippen LogP contribution in [0.1, 0.15) is 42.0 Å². The van der Waals surface area contributed by atoms with Gasteiger partial charge in [0.05, 0.1) is 12.7 Å². The molecule has 0 aliphatic rings. The van der Waals surface area contributed by atoms with E-state index in [0.29, 0.717) is 6.54 Å². The van der Waals surface area contributed by atoms with Crippen LogP contribution in [0.3, 0.4) is 0 Å². The van der Waals surface area contributed by atoms with Gasteiger partial charge in [-0.25, -0.2) is 15.0 Å². The summed E-state index contributed by atoms with van der Waals surface area (Å²) in [6, 6.07) is 20.0. The van der Waals surface area contributed by atoms with Gasteiger partial charge in [0, 0.05) is 22.3 Å². The molecule has 0 bridgehead atoms. The van der Waals surface area contributed by atoms with E-state index in [1.54, 1.807) is 0 Å². The molecule has 48 heavy (non-hydrogen) atoms. The first kappa shape index (κ1) is 36.1. The molecule has 11 nitrogen and oxygen atoms in total. The maximum Gasteiger partial charge on any atom is 0.186 e. The quantitative estimate of drug-likeness (QED) is 0.0724. The Balaban J connectivity index is 2.05. The first-order chi connectivity index (χ1) is 23.1. The Morgan fingerprint density at radius 1 is 0.583 bits per heavy atom. The molecule has 0 heterocycles. The minimum atomic E-state index is -0.0946. The zero-order chi connectivity index (χ0) is 34.7. The second kappa shape index (κ2) is 19.2. The van der Waals surface area contributed by atoms with Crippen molar-refractivity contribution in [1.29, 1.82) is 0 Å². The van der Waals surface area contributed by atoms with E-state index in [9.17, 15) is 0 Å². The maximum atomic E-state index is 6.07. The summed E-state index contributed by atoms with van der Waals surface area (Å²) in [7, 11) is 0. The average Bonchev–Trinajstić information content (AvgIpc) is 3.05. The molecule has 11 heteroatoms. The molecule has 1 unspecified atom stereocenters. The van der Waals surface area contributed by atoms with E-state index in [-0.39, 0.29) is 43.7 Å².